The van der Waals surface area contributed by atoms with Gasteiger partial charge in [-0.15, -0.1) is 0 Å². The van der Waals surface area contributed by atoms with Crippen LogP contribution in [0.2, 0.25) is 0 Å². The van der Waals surface area contributed by atoms with E-state index in [9.17, 15) is 17.6 Å². The zero-order valence-corrected chi connectivity index (χ0v) is 17.7. The zero-order valence-electron chi connectivity index (χ0n) is 16.9. The van der Waals surface area contributed by atoms with Crippen molar-refractivity contribution in [1.82, 2.24) is 14.5 Å². The molecule has 2 fully saturated rings. The Morgan fingerprint density at radius 2 is 1.60 bits per heavy atom. The number of carbonyl (C=O) groups is 1. The largest absolute Gasteiger partial charge is 0.352 e. The average Bonchev–Trinajstić information content (AvgIpc) is 3.54. The zero-order chi connectivity index (χ0) is 21.3. The molecule has 6 nitrogen and oxygen atoms in total. The number of aryl methyl sites for hydroxylation is 1. The molecule has 2 aromatic carbocycles. The molecule has 1 amide bonds. The summed E-state index contributed by atoms with van der Waals surface area (Å²) in [4.78, 5) is 15.2. The molecule has 30 heavy (non-hydrogen) atoms. The molecule has 0 aromatic heterocycles. The monoisotopic (exact) mass is 431 g/mol. The van der Waals surface area contributed by atoms with E-state index in [1.165, 1.54) is 16.4 Å². The smallest absolute Gasteiger partial charge is 0.243 e. The van der Waals surface area contributed by atoms with Crippen LogP contribution in [0.1, 0.15) is 30.0 Å². The maximum absolute atomic E-state index is 13.4. The topological polar surface area (TPSA) is 69.7 Å². The molecule has 1 aliphatic carbocycles. The number of benzene rings is 2. The van der Waals surface area contributed by atoms with Gasteiger partial charge in [-0.25, -0.2) is 12.8 Å². The molecule has 1 heterocycles. The van der Waals surface area contributed by atoms with Gasteiger partial charge in [0.25, 0.3) is 0 Å². The number of sulfonamides is 1. The molecule has 8 heteroatoms. The summed E-state index contributed by atoms with van der Waals surface area (Å²) in [6, 6.07) is 12.4. The number of rotatable bonds is 6. The third-order valence-electron chi connectivity index (χ3n) is 5.65. The molecule has 1 aliphatic heterocycles. The van der Waals surface area contributed by atoms with E-state index in [1.807, 2.05) is 11.8 Å². The lowest BCUT2D eigenvalue weighted by Gasteiger charge is -2.38. The van der Waals surface area contributed by atoms with Crippen molar-refractivity contribution in [2.45, 2.75) is 36.7 Å². The first-order chi connectivity index (χ1) is 14.3. The van der Waals surface area contributed by atoms with Gasteiger partial charge in [0, 0.05) is 32.2 Å². The van der Waals surface area contributed by atoms with Crippen molar-refractivity contribution in [1.29, 1.82) is 0 Å². The van der Waals surface area contributed by atoms with Crippen LogP contribution in [0, 0.1) is 12.7 Å². The molecule has 2 aromatic rings. The molecule has 1 N–H and O–H groups in total. The highest BCUT2D eigenvalue weighted by Crippen LogP contribution is 2.27. The van der Waals surface area contributed by atoms with E-state index in [2.05, 4.69) is 5.32 Å². The van der Waals surface area contributed by atoms with Crippen LogP contribution in [-0.2, 0) is 14.8 Å². The molecule has 160 valence electrons. The molecule has 0 spiro atoms. The van der Waals surface area contributed by atoms with Gasteiger partial charge in [-0.2, -0.15) is 4.31 Å². The second kappa shape index (κ2) is 8.45. The van der Waals surface area contributed by atoms with E-state index < -0.39 is 16.1 Å². The minimum atomic E-state index is -3.57. The lowest BCUT2D eigenvalue weighted by Crippen LogP contribution is -2.52. The number of halogens is 1. The molecule has 1 saturated heterocycles. The van der Waals surface area contributed by atoms with Crippen molar-refractivity contribution in [3.05, 3.63) is 65.5 Å². The van der Waals surface area contributed by atoms with Gasteiger partial charge in [0.2, 0.25) is 15.9 Å². The molecular formula is C22H26FN3O3S. The summed E-state index contributed by atoms with van der Waals surface area (Å²) in [6.45, 7) is 3.35. The van der Waals surface area contributed by atoms with Crippen LogP contribution >= 0.6 is 0 Å². The summed E-state index contributed by atoms with van der Waals surface area (Å²) in [5, 5.41) is 3.03. The van der Waals surface area contributed by atoms with Crippen LogP contribution in [0.5, 0.6) is 0 Å². The van der Waals surface area contributed by atoms with Crippen LogP contribution in [-0.4, -0.2) is 55.8 Å². The van der Waals surface area contributed by atoms with Gasteiger partial charge >= 0.3 is 0 Å². The van der Waals surface area contributed by atoms with E-state index in [1.54, 1.807) is 36.4 Å². The van der Waals surface area contributed by atoms with Gasteiger partial charge < -0.3 is 5.32 Å². The molecular weight excluding hydrogens is 405 g/mol. The van der Waals surface area contributed by atoms with E-state index in [0.717, 1.165) is 18.4 Å². The summed E-state index contributed by atoms with van der Waals surface area (Å²) in [6.07, 6.45) is 1.95. The van der Waals surface area contributed by atoms with Gasteiger partial charge in [0.15, 0.2) is 0 Å². The number of hydrogen-bond donors (Lipinski definition) is 1. The summed E-state index contributed by atoms with van der Waals surface area (Å²) in [5.41, 5.74) is 1.71. The Kier molecular flexibility index (Phi) is 5.90. The molecule has 2 aliphatic rings. The standard InChI is InChI=1S/C22H26FN3O3S/c1-16-2-10-20(11-3-16)30(28,29)26-14-12-25(13-15-26)21(22(27)24-19-8-9-19)17-4-6-18(23)7-5-17/h2-7,10-11,19,21H,8-9,12-15H2,1H3,(H,24,27)/t21-/m0/s1. The second-order valence-electron chi connectivity index (χ2n) is 7.99. The summed E-state index contributed by atoms with van der Waals surface area (Å²) < 4.78 is 40.8. The Morgan fingerprint density at radius 3 is 2.17 bits per heavy atom. The minimum Gasteiger partial charge on any atom is -0.352 e. The van der Waals surface area contributed by atoms with Gasteiger partial charge in [0.1, 0.15) is 11.9 Å². The Hall–Kier alpha value is -2.29. The second-order valence-corrected chi connectivity index (χ2v) is 9.93. The summed E-state index contributed by atoms with van der Waals surface area (Å²) >= 11 is 0. The van der Waals surface area contributed by atoms with E-state index in [-0.39, 0.29) is 22.7 Å². The van der Waals surface area contributed by atoms with Gasteiger partial charge in [-0.3, -0.25) is 9.69 Å². The quantitative estimate of drug-likeness (QED) is 0.763. The fourth-order valence-electron chi connectivity index (χ4n) is 3.74. The van der Waals surface area contributed by atoms with Crippen molar-refractivity contribution in [2.24, 2.45) is 0 Å². The molecule has 1 atom stereocenters. The van der Waals surface area contributed by atoms with Crippen molar-refractivity contribution < 1.29 is 17.6 Å². The predicted molar refractivity (Wildman–Crippen MR) is 112 cm³/mol. The predicted octanol–water partition coefficient (Wildman–Crippen LogP) is 2.46. The number of piperazine rings is 1. The molecule has 0 unspecified atom stereocenters. The van der Waals surface area contributed by atoms with E-state index >= 15 is 0 Å². The Bertz CT molecular complexity index is 997. The van der Waals surface area contributed by atoms with Gasteiger partial charge in [0.05, 0.1) is 4.90 Å². The maximum atomic E-state index is 13.4. The first-order valence-electron chi connectivity index (χ1n) is 10.2. The van der Waals surface area contributed by atoms with Crippen molar-refractivity contribution in [2.75, 3.05) is 26.2 Å². The van der Waals surface area contributed by atoms with Crippen molar-refractivity contribution in [3.63, 3.8) is 0 Å². The minimum absolute atomic E-state index is 0.112. The summed E-state index contributed by atoms with van der Waals surface area (Å²) in [7, 11) is -3.57. The SMILES string of the molecule is Cc1ccc(S(=O)(=O)N2CCN([C@H](C(=O)NC3CC3)c3ccc(F)cc3)CC2)cc1. The van der Waals surface area contributed by atoms with Crippen molar-refractivity contribution >= 4 is 15.9 Å². The Morgan fingerprint density at radius 1 is 1.00 bits per heavy atom. The van der Waals surface area contributed by atoms with E-state index in [4.69, 9.17) is 0 Å². The van der Waals surface area contributed by atoms with Crippen molar-refractivity contribution in [3.8, 4) is 0 Å². The molecule has 4 rings (SSSR count). The first-order valence-corrected chi connectivity index (χ1v) is 11.7. The highest BCUT2D eigenvalue weighted by atomic mass is 32.2. The van der Waals surface area contributed by atoms with Crippen LogP contribution in [0.25, 0.3) is 0 Å². The normalized spacial score (nSPS) is 19.4. The lowest BCUT2D eigenvalue weighted by molar-refractivity contribution is -0.127. The molecule has 0 radical (unpaired) electrons. The highest BCUT2D eigenvalue weighted by molar-refractivity contribution is 7.89. The first kappa shape index (κ1) is 21.0. The fraction of sp³-hybridized carbons (Fsp3) is 0.409. The Labute approximate surface area is 176 Å². The van der Waals surface area contributed by atoms with Crippen LogP contribution in [0.4, 0.5) is 4.39 Å². The lowest BCUT2D eigenvalue weighted by atomic mass is 10.0. The number of nitrogens with zero attached hydrogens (tertiary/aromatic N) is 2. The number of carbonyl (C=O) groups excluding carboxylic acids is 1. The molecule has 0 bridgehead atoms. The van der Waals surface area contributed by atoms with Crippen LogP contribution in [0.15, 0.2) is 53.4 Å². The summed E-state index contributed by atoms with van der Waals surface area (Å²) in [5.74, 6) is -0.465. The third kappa shape index (κ3) is 4.55. The van der Waals surface area contributed by atoms with Gasteiger partial charge in [-0.05, 0) is 49.6 Å². The number of hydrogen-bond acceptors (Lipinski definition) is 4. The highest BCUT2D eigenvalue weighted by Gasteiger charge is 2.36. The van der Waals surface area contributed by atoms with Gasteiger partial charge in [-0.1, -0.05) is 29.8 Å². The Balaban J connectivity index is 1.50. The van der Waals surface area contributed by atoms with E-state index in [0.29, 0.717) is 31.7 Å². The number of amides is 1. The average molecular weight is 432 g/mol. The van der Waals surface area contributed by atoms with Crippen LogP contribution in [0.3, 0.4) is 0 Å². The third-order valence-corrected chi connectivity index (χ3v) is 7.57. The van der Waals surface area contributed by atoms with Crippen LogP contribution < -0.4 is 5.32 Å². The maximum Gasteiger partial charge on any atom is 0.243 e. The fourth-order valence-corrected chi connectivity index (χ4v) is 5.16. The molecule has 1 saturated carbocycles. The number of nitrogens with one attached hydrogen (secondary N) is 1.